The zero-order chi connectivity index (χ0) is 20.2. The van der Waals surface area contributed by atoms with Gasteiger partial charge in [0.1, 0.15) is 11.3 Å². The number of nitrogens with zero attached hydrogens (tertiary/aromatic N) is 1. The van der Waals surface area contributed by atoms with Crippen molar-refractivity contribution in [1.82, 2.24) is 10.4 Å². The van der Waals surface area contributed by atoms with Gasteiger partial charge in [-0.1, -0.05) is 11.6 Å². The lowest BCUT2D eigenvalue weighted by Crippen LogP contribution is -2.31. The fourth-order valence-corrected chi connectivity index (χ4v) is 2.28. The molecule has 144 valence electrons. The molecule has 2 rings (SSSR count). The van der Waals surface area contributed by atoms with E-state index in [0.29, 0.717) is 5.02 Å². The van der Waals surface area contributed by atoms with Crippen molar-refractivity contribution in [3.05, 3.63) is 57.7 Å². The first-order valence-electron chi connectivity index (χ1n) is 7.71. The molecule has 0 aliphatic heterocycles. The molecule has 0 spiro atoms. The Bertz CT molecular complexity index is 855. The zero-order valence-electron chi connectivity index (χ0n) is 14.3. The number of hydrogen-bond donors (Lipinski definition) is 2. The first-order valence-corrected chi connectivity index (χ1v) is 8.09. The number of pyridine rings is 1. The van der Waals surface area contributed by atoms with Crippen LogP contribution in [0.4, 0.5) is 19.0 Å². The van der Waals surface area contributed by atoms with Crippen molar-refractivity contribution >= 4 is 29.3 Å². The van der Waals surface area contributed by atoms with E-state index in [1.54, 1.807) is 6.92 Å². The number of carbonyl (C=O) groups excluding carboxylic acids is 2. The molecule has 0 aliphatic rings. The van der Waals surface area contributed by atoms with E-state index < -0.39 is 29.6 Å². The molecule has 0 radical (unpaired) electrons. The van der Waals surface area contributed by atoms with Crippen molar-refractivity contribution in [2.24, 2.45) is 0 Å². The molecule has 0 bridgehead atoms. The summed E-state index contributed by atoms with van der Waals surface area (Å²) in [6.45, 7) is 2.89. The highest BCUT2D eigenvalue weighted by Crippen LogP contribution is 2.31. The number of hydrogen-bond acceptors (Lipinski definition) is 5. The van der Waals surface area contributed by atoms with Crippen LogP contribution >= 0.6 is 11.6 Å². The predicted molar refractivity (Wildman–Crippen MR) is 92.5 cm³/mol. The van der Waals surface area contributed by atoms with Crippen LogP contribution in [0.25, 0.3) is 0 Å². The predicted octanol–water partition coefficient (Wildman–Crippen LogP) is 4.00. The second kappa shape index (κ2) is 8.26. The maximum Gasteiger partial charge on any atom is 0.433 e. The van der Waals surface area contributed by atoms with Crippen LogP contribution in [0.5, 0.6) is 0 Å². The third kappa shape index (κ3) is 5.10. The highest BCUT2D eigenvalue weighted by Gasteiger charge is 2.35. The standard InChI is InChI=1S/C17H15ClF3N3O3/c1-3-27-16(26)13-9(2)8-12(17(19,20)21)22-14(13)23-24-15(25)10-4-6-11(18)7-5-10/h4-8H,3H2,1-2H3,(H,22,23)(H,24,25). The van der Waals surface area contributed by atoms with Crippen molar-refractivity contribution in [2.45, 2.75) is 20.0 Å². The third-order valence-corrected chi connectivity index (χ3v) is 3.64. The van der Waals surface area contributed by atoms with E-state index in [2.05, 4.69) is 15.8 Å². The van der Waals surface area contributed by atoms with E-state index in [1.165, 1.54) is 31.2 Å². The van der Waals surface area contributed by atoms with Crippen LogP contribution in [0, 0.1) is 6.92 Å². The number of hydrazine groups is 1. The monoisotopic (exact) mass is 401 g/mol. The van der Waals surface area contributed by atoms with Gasteiger partial charge >= 0.3 is 12.1 Å². The van der Waals surface area contributed by atoms with Gasteiger partial charge in [0, 0.05) is 10.6 Å². The number of ether oxygens (including phenoxy) is 1. The minimum absolute atomic E-state index is 0.000910. The van der Waals surface area contributed by atoms with Crippen LogP contribution in [-0.2, 0) is 10.9 Å². The van der Waals surface area contributed by atoms with Gasteiger partial charge in [0.25, 0.3) is 5.91 Å². The molecule has 10 heteroatoms. The van der Waals surface area contributed by atoms with Crippen molar-refractivity contribution in [3.63, 3.8) is 0 Å². The molecule has 2 N–H and O–H groups in total. The lowest BCUT2D eigenvalue weighted by Gasteiger charge is -2.16. The molecule has 0 fully saturated rings. The summed E-state index contributed by atoms with van der Waals surface area (Å²) in [5, 5.41) is 0.416. The number of anilines is 1. The quantitative estimate of drug-likeness (QED) is 0.585. The number of carbonyl (C=O) groups is 2. The lowest BCUT2D eigenvalue weighted by atomic mass is 10.1. The highest BCUT2D eigenvalue weighted by atomic mass is 35.5. The van der Waals surface area contributed by atoms with Crippen molar-refractivity contribution < 1.29 is 27.5 Å². The van der Waals surface area contributed by atoms with Gasteiger partial charge in [-0.3, -0.25) is 15.6 Å². The topological polar surface area (TPSA) is 80.3 Å². The maximum atomic E-state index is 13.0. The number of halogens is 4. The Morgan fingerprint density at radius 1 is 1.22 bits per heavy atom. The minimum atomic E-state index is -4.73. The van der Waals surface area contributed by atoms with Crippen molar-refractivity contribution in [2.75, 3.05) is 12.0 Å². The Morgan fingerprint density at radius 3 is 2.41 bits per heavy atom. The Kier molecular flexibility index (Phi) is 6.27. The summed E-state index contributed by atoms with van der Waals surface area (Å²) in [6, 6.07) is 6.55. The first-order chi connectivity index (χ1) is 12.6. The minimum Gasteiger partial charge on any atom is -0.462 e. The Labute approximate surface area is 157 Å². The van der Waals surface area contributed by atoms with Gasteiger partial charge in [-0.25, -0.2) is 9.78 Å². The number of amides is 1. The van der Waals surface area contributed by atoms with Gasteiger partial charge < -0.3 is 4.74 Å². The molecule has 2 aromatic rings. The number of esters is 1. The number of aromatic nitrogens is 1. The summed E-state index contributed by atoms with van der Waals surface area (Å²) >= 11 is 5.74. The molecule has 6 nitrogen and oxygen atoms in total. The molecule has 0 saturated heterocycles. The van der Waals surface area contributed by atoms with Gasteiger partial charge in [0.15, 0.2) is 5.82 Å². The number of aryl methyl sites for hydroxylation is 1. The normalized spacial score (nSPS) is 11.0. The van der Waals surface area contributed by atoms with Crippen LogP contribution in [-0.4, -0.2) is 23.5 Å². The second-order valence-electron chi connectivity index (χ2n) is 5.35. The van der Waals surface area contributed by atoms with E-state index in [4.69, 9.17) is 16.3 Å². The summed E-state index contributed by atoms with van der Waals surface area (Å²) in [7, 11) is 0. The maximum absolute atomic E-state index is 13.0. The molecule has 0 aliphatic carbocycles. The zero-order valence-corrected chi connectivity index (χ0v) is 15.0. The van der Waals surface area contributed by atoms with Gasteiger partial charge in [0.2, 0.25) is 0 Å². The van der Waals surface area contributed by atoms with Crippen LogP contribution < -0.4 is 10.9 Å². The molecule has 0 saturated carbocycles. The molecule has 1 amide bonds. The molecule has 0 atom stereocenters. The summed E-state index contributed by atoms with van der Waals surface area (Å²) in [4.78, 5) is 27.6. The average Bonchev–Trinajstić information content (AvgIpc) is 2.59. The third-order valence-electron chi connectivity index (χ3n) is 3.39. The Morgan fingerprint density at radius 2 is 1.85 bits per heavy atom. The van der Waals surface area contributed by atoms with Gasteiger partial charge in [-0.15, -0.1) is 0 Å². The smallest absolute Gasteiger partial charge is 0.433 e. The van der Waals surface area contributed by atoms with Gasteiger partial charge in [-0.05, 0) is 49.7 Å². The molecule has 0 unspecified atom stereocenters. The van der Waals surface area contributed by atoms with Crippen LogP contribution in [0.1, 0.15) is 38.9 Å². The highest BCUT2D eigenvalue weighted by molar-refractivity contribution is 6.30. The second-order valence-corrected chi connectivity index (χ2v) is 5.79. The fraction of sp³-hybridized carbons (Fsp3) is 0.235. The van der Waals surface area contributed by atoms with E-state index in [0.717, 1.165) is 6.07 Å². The van der Waals surface area contributed by atoms with E-state index in [1.807, 2.05) is 0 Å². The summed E-state index contributed by atoms with van der Waals surface area (Å²) in [5.41, 5.74) is 3.26. The lowest BCUT2D eigenvalue weighted by molar-refractivity contribution is -0.141. The van der Waals surface area contributed by atoms with Crippen molar-refractivity contribution in [3.8, 4) is 0 Å². The Hall–Kier alpha value is -2.81. The summed E-state index contributed by atoms with van der Waals surface area (Å²) in [5.74, 6) is -1.99. The number of nitrogens with one attached hydrogen (secondary N) is 2. The fourth-order valence-electron chi connectivity index (χ4n) is 2.16. The van der Waals surface area contributed by atoms with Crippen LogP contribution in [0.3, 0.4) is 0 Å². The summed E-state index contributed by atoms with van der Waals surface area (Å²) in [6.07, 6.45) is -4.73. The molecule has 1 aromatic carbocycles. The first kappa shape index (κ1) is 20.5. The molecule has 1 heterocycles. The number of rotatable bonds is 5. The van der Waals surface area contributed by atoms with Gasteiger partial charge in [0.05, 0.1) is 6.61 Å². The number of benzene rings is 1. The number of alkyl halides is 3. The SMILES string of the molecule is CCOC(=O)c1c(C)cc(C(F)(F)F)nc1NNC(=O)c1ccc(Cl)cc1. The average molecular weight is 402 g/mol. The van der Waals surface area contributed by atoms with Gasteiger partial charge in [-0.2, -0.15) is 13.2 Å². The summed E-state index contributed by atoms with van der Waals surface area (Å²) < 4.78 is 43.9. The molecule has 27 heavy (non-hydrogen) atoms. The Balaban J connectivity index is 2.34. The largest absolute Gasteiger partial charge is 0.462 e. The molecular formula is C17H15ClF3N3O3. The molecular weight excluding hydrogens is 387 g/mol. The van der Waals surface area contributed by atoms with Crippen LogP contribution in [0.2, 0.25) is 5.02 Å². The van der Waals surface area contributed by atoms with E-state index in [9.17, 15) is 22.8 Å². The van der Waals surface area contributed by atoms with E-state index >= 15 is 0 Å². The molecule has 1 aromatic heterocycles. The van der Waals surface area contributed by atoms with Crippen LogP contribution in [0.15, 0.2) is 30.3 Å². The van der Waals surface area contributed by atoms with Crippen molar-refractivity contribution in [1.29, 1.82) is 0 Å². The van der Waals surface area contributed by atoms with E-state index in [-0.39, 0.29) is 23.3 Å².